The zero-order valence-corrected chi connectivity index (χ0v) is 15.5. The largest absolute Gasteiger partial charge is 0.354 e. The maximum Gasteiger partial charge on any atom is 0.261 e. The Morgan fingerprint density at radius 3 is 2.59 bits per heavy atom. The van der Waals surface area contributed by atoms with Gasteiger partial charge in [-0.25, -0.2) is 8.42 Å². The summed E-state index contributed by atoms with van der Waals surface area (Å²) in [6.07, 6.45) is 2.31. The summed E-state index contributed by atoms with van der Waals surface area (Å²) < 4.78 is 27.3. The van der Waals surface area contributed by atoms with E-state index in [1.165, 1.54) is 18.2 Å². The van der Waals surface area contributed by atoms with Crippen LogP contribution in [-0.4, -0.2) is 32.8 Å². The minimum atomic E-state index is -3.74. The van der Waals surface area contributed by atoms with Gasteiger partial charge < -0.3 is 10.6 Å². The molecule has 142 valence electrons. The van der Waals surface area contributed by atoms with Gasteiger partial charge in [0.2, 0.25) is 5.91 Å². The monoisotopic (exact) mass is 387 g/mol. The molecule has 1 fully saturated rings. The highest BCUT2D eigenvalue weighted by molar-refractivity contribution is 7.92. The molecule has 3 N–H and O–H groups in total. The van der Waals surface area contributed by atoms with E-state index in [1.54, 1.807) is 36.4 Å². The lowest BCUT2D eigenvalue weighted by Gasteiger charge is -2.15. The van der Waals surface area contributed by atoms with Gasteiger partial charge in [-0.2, -0.15) is 0 Å². The van der Waals surface area contributed by atoms with Crippen LogP contribution in [0.1, 0.15) is 29.6 Å². The van der Waals surface area contributed by atoms with E-state index >= 15 is 0 Å². The number of anilines is 1. The highest BCUT2D eigenvalue weighted by atomic mass is 32.2. The van der Waals surface area contributed by atoms with Gasteiger partial charge >= 0.3 is 0 Å². The Morgan fingerprint density at radius 2 is 1.81 bits per heavy atom. The first-order valence-electron chi connectivity index (χ1n) is 8.72. The van der Waals surface area contributed by atoms with Crippen molar-refractivity contribution in [2.24, 2.45) is 0 Å². The van der Waals surface area contributed by atoms with Gasteiger partial charge in [0.15, 0.2) is 0 Å². The molecule has 27 heavy (non-hydrogen) atoms. The molecule has 0 aromatic heterocycles. The van der Waals surface area contributed by atoms with Crippen LogP contribution in [0.4, 0.5) is 5.69 Å². The number of carbonyl (C=O) groups excluding carboxylic acids is 2. The summed E-state index contributed by atoms with van der Waals surface area (Å²) in [5, 5.41) is 5.49. The maximum atomic E-state index is 12.5. The minimum Gasteiger partial charge on any atom is -0.354 e. The van der Waals surface area contributed by atoms with Crippen LogP contribution in [0.25, 0.3) is 0 Å². The third-order valence-corrected chi connectivity index (χ3v) is 5.67. The molecule has 0 bridgehead atoms. The number of carbonyl (C=O) groups is 2. The minimum absolute atomic E-state index is 0.134. The van der Waals surface area contributed by atoms with Gasteiger partial charge in [0.1, 0.15) is 6.04 Å². The predicted octanol–water partition coefficient (Wildman–Crippen LogP) is 1.89. The fraction of sp³-hybridized carbons (Fsp3) is 0.263. The highest BCUT2D eigenvalue weighted by Crippen LogP contribution is 2.17. The van der Waals surface area contributed by atoms with Crippen LogP contribution in [0, 0.1) is 0 Å². The number of hydrogen-bond donors (Lipinski definition) is 3. The van der Waals surface area contributed by atoms with Crippen molar-refractivity contribution in [3.8, 4) is 0 Å². The topological polar surface area (TPSA) is 104 Å². The van der Waals surface area contributed by atoms with Crippen LogP contribution in [-0.2, 0) is 14.8 Å². The summed E-state index contributed by atoms with van der Waals surface area (Å²) in [4.78, 5) is 24.6. The van der Waals surface area contributed by atoms with Crippen LogP contribution in [0.15, 0.2) is 59.5 Å². The second-order valence-electron chi connectivity index (χ2n) is 6.31. The van der Waals surface area contributed by atoms with Crippen LogP contribution in [0.5, 0.6) is 0 Å². The van der Waals surface area contributed by atoms with Gasteiger partial charge in [0.05, 0.1) is 4.90 Å². The first-order valence-corrected chi connectivity index (χ1v) is 10.2. The van der Waals surface area contributed by atoms with E-state index in [0.717, 1.165) is 12.8 Å². The Labute approximate surface area is 158 Å². The average Bonchev–Trinajstić information content (AvgIpc) is 2.87. The summed E-state index contributed by atoms with van der Waals surface area (Å²) in [7, 11) is -3.74. The number of rotatable bonds is 5. The normalized spacial score (nSPS) is 17.5. The molecule has 1 unspecified atom stereocenters. The molecule has 1 aliphatic heterocycles. The van der Waals surface area contributed by atoms with Crippen molar-refractivity contribution in [1.29, 1.82) is 0 Å². The smallest absolute Gasteiger partial charge is 0.261 e. The van der Waals surface area contributed by atoms with E-state index in [-0.39, 0.29) is 22.1 Å². The highest BCUT2D eigenvalue weighted by Gasteiger charge is 2.23. The molecule has 1 heterocycles. The number of benzene rings is 2. The quantitative estimate of drug-likeness (QED) is 0.729. The summed E-state index contributed by atoms with van der Waals surface area (Å²) in [6.45, 7) is 0.613. The SMILES string of the molecule is O=C(NC1CCCCNC1=O)c1cccc(NS(=O)(=O)c2ccccc2)c1. The molecule has 0 spiro atoms. The lowest BCUT2D eigenvalue weighted by Crippen LogP contribution is -2.45. The first kappa shape index (κ1) is 18.9. The van der Waals surface area contributed by atoms with Gasteiger partial charge in [0, 0.05) is 17.8 Å². The van der Waals surface area contributed by atoms with Crippen molar-refractivity contribution in [1.82, 2.24) is 10.6 Å². The maximum absolute atomic E-state index is 12.5. The van der Waals surface area contributed by atoms with Gasteiger partial charge in [-0.05, 0) is 49.6 Å². The molecule has 2 aromatic carbocycles. The second kappa shape index (κ2) is 8.22. The van der Waals surface area contributed by atoms with Gasteiger partial charge in [-0.3, -0.25) is 14.3 Å². The van der Waals surface area contributed by atoms with Crippen molar-refractivity contribution in [3.05, 3.63) is 60.2 Å². The Balaban J connectivity index is 1.73. The lowest BCUT2D eigenvalue weighted by molar-refractivity contribution is -0.122. The number of sulfonamides is 1. The molecule has 0 aliphatic carbocycles. The van der Waals surface area contributed by atoms with E-state index in [0.29, 0.717) is 13.0 Å². The molecule has 2 aromatic rings. The number of hydrogen-bond acceptors (Lipinski definition) is 4. The van der Waals surface area contributed by atoms with Gasteiger partial charge in [-0.1, -0.05) is 24.3 Å². The molecular weight excluding hydrogens is 366 g/mol. The molecule has 3 rings (SSSR count). The van der Waals surface area contributed by atoms with Gasteiger partial charge in [-0.15, -0.1) is 0 Å². The van der Waals surface area contributed by atoms with E-state index in [1.807, 2.05) is 0 Å². The number of amides is 2. The van der Waals surface area contributed by atoms with Gasteiger partial charge in [0.25, 0.3) is 15.9 Å². The molecule has 2 amide bonds. The molecule has 0 radical (unpaired) electrons. The van der Waals surface area contributed by atoms with E-state index < -0.39 is 22.0 Å². The molecule has 0 saturated carbocycles. The molecule has 1 saturated heterocycles. The zero-order chi connectivity index (χ0) is 19.3. The van der Waals surface area contributed by atoms with Crippen molar-refractivity contribution >= 4 is 27.5 Å². The summed E-state index contributed by atoms with van der Waals surface area (Å²) >= 11 is 0. The molecule has 7 nitrogen and oxygen atoms in total. The second-order valence-corrected chi connectivity index (χ2v) is 7.99. The van der Waals surface area contributed by atoms with Crippen LogP contribution >= 0.6 is 0 Å². The zero-order valence-electron chi connectivity index (χ0n) is 14.6. The van der Waals surface area contributed by atoms with E-state index in [9.17, 15) is 18.0 Å². The lowest BCUT2D eigenvalue weighted by atomic mass is 10.1. The van der Waals surface area contributed by atoms with Crippen molar-refractivity contribution in [3.63, 3.8) is 0 Å². The van der Waals surface area contributed by atoms with Crippen molar-refractivity contribution in [2.45, 2.75) is 30.2 Å². The standard InChI is InChI=1S/C19H21N3O4S/c23-18(21-17-11-4-5-12-20-19(17)24)14-7-6-8-15(13-14)22-27(25,26)16-9-2-1-3-10-16/h1-3,6-10,13,17,22H,4-5,11-12H2,(H,20,24)(H,21,23). The average molecular weight is 387 g/mol. The summed E-state index contributed by atoms with van der Waals surface area (Å²) in [6, 6.07) is 13.6. The summed E-state index contributed by atoms with van der Waals surface area (Å²) in [5.74, 6) is -0.611. The van der Waals surface area contributed by atoms with E-state index in [2.05, 4.69) is 15.4 Å². The van der Waals surface area contributed by atoms with Crippen molar-refractivity contribution in [2.75, 3.05) is 11.3 Å². The van der Waals surface area contributed by atoms with Crippen molar-refractivity contribution < 1.29 is 18.0 Å². The van der Waals surface area contributed by atoms with Crippen LogP contribution in [0.3, 0.4) is 0 Å². The Kier molecular flexibility index (Phi) is 5.75. The molecular formula is C19H21N3O4S. The molecule has 1 aliphatic rings. The van der Waals surface area contributed by atoms with Crippen LogP contribution < -0.4 is 15.4 Å². The van der Waals surface area contributed by atoms with E-state index in [4.69, 9.17) is 0 Å². The Hall–Kier alpha value is -2.87. The third kappa shape index (κ3) is 4.85. The fourth-order valence-corrected chi connectivity index (χ4v) is 3.93. The number of nitrogens with one attached hydrogen (secondary N) is 3. The summed E-state index contributed by atoms with van der Waals surface area (Å²) in [5.41, 5.74) is 0.553. The molecule has 8 heteroatoms. The predicted molar refractivity (Wildman–Crippen MR) is 102 cm³/mol. The Bertz CT molecular complexity index is 929. The Morgan fingerprint density at radius 1 is 1.04 bits per heavy atom. The molecule has 1 atom stereocenters. The fourth-order valence-electron chi connectivity index (χ4n) is 2.86. The van der Waals surface area contributed by atoms with Crippen LogP contribution in [0.2, 0.25) is 0 Å². The third-order valence-electron chi connectivity index (χ3n) is 4.27. The first-order chi connectivity index (χ1) is 13.0.